The highest BCUT2D eigenvalue weighted by molar-refractivity contribution is 9.10. The summed E-state index contributed by atoms with van der Waals surface area (Å²) in [6.45, 7) is 1.44. The van der Waals surface area contributed by atoms with Crippen LogP contribution < -0.4 is 9.47 Å². The van der Waals surface area contributed by atoms with Crippen LogP contribution in [0.1, 0.15) is 6.92 Å². The molecule has 144 valence electrons. The molecule has 0 radical (unpaired) electrons. The van der Waals surface area contributed by atoms with E-state index in [1.54, 1.807) is 12.3 Å². The van der Waals surface area contributed by atoms with Gasteiger partial charge >= 0.3 is 11.7 Å². The maximum absolute atomic E-state index is 11.6. The molecule has 0 amide bonds. The van der Waals surface area contributed by atoms with E-state index in [0.29, 0.717) is 11.5 Å². The number of hydrogen-bond donors (Lipinski definition) is 0. The lowest BCUT2D eigenvalue weighted by molar-refractivity contribution is -0.386. The molecule has 0 fully saturated rings. The van der Waals surface area contributed by atoms with E-state index in [9.17, 15) is 14.9 Å². The third kappa shape index (κ3) is 4.20. The van der Waals surface area contributed by atoms with Crippen LogP contribution in [0.4, 0.5) is 5.69 Å². The van der Waals surface area contributed by atoms with Gasteiger partial charge in [0.2, 0.25) is 5.75 Å². The smallest absolute Gasteiger partial charge is 0.346 e. The molecule has 0 spiro atoms. The first-order valence-electron chi connectivity index (χ1n) is 8.14. The maximum atomic E-state index is 11.6. The molecular weight excluding hydrogens is 432 g/mol. The predicted octanol–water partition coefficient (Wildman–Crippen LogP) is 4.64. The molecule has 0 saturated carbocycles. The Kier molecular flexibility index (Phi) is 5.74. The van der Waals surface area contributed by atoms with Gasteiger partial charge in [-0.1, -0.05) is 15.9 Å². The van der Waals surface area contributed by atoms with Gasteiger partial charge in [0.15, 0.2) is 6.10 Å². The summed E-state index contributed by atoms with van der Waals surface area (Å²) in [5, 5.41) is 12.0. The van der Waals surface area contributed by atoms with Crippen molar-refractivity contribution >= 4 is 38.5 Å². The molecular formula is C19H15BrN2O6. The van der Waals surface area contributed by atoms with Crippen LogP contribution in [0.25, 0.3) is 10.9 Å². The molecule has 1 aromatic heterocycles. The summed E-state index contributed by atoms with van der Waals surface area (Å²) in [6, 6.07) is 11.3. The Bertz CT molecular complexity index is 1060. The number of nitro benzene ring substituents is 1. The summed E-state index contributed by atoms with van der Waals surface area (Å²) in [4.78, 5) is 26.6. The number of halogens is 1. The van der Waals surface area contributed by atoms with Gasteiger partial charge in [-0.05, 0) is 37.3 Å². The average Bonchev–Trinajstić information content (AvgIpc) is 2.67. The topological polar surface area (TPSA) is 101 Å². The van der Waals surface area contributed by atoms with Crippen LogP contribution in [0.5, 0.6) is 17.2 Å². The van der Waals surface area contributed by atoms with Crippen LogP contribution in [-0.2, 0) is 9.53 Å². The molecule has 3 rings (SSSR count). The summed E-state index contributed by atoms with van der Waals surface area (Å²) in [5.74, 6) is 0.0859. The third-order valence-corrected chi connectivity index (χ3v) is 4.35. The molecule has 28 heavy (non-hydrogen) atoms. The molecule has 1 unspecified atom stereocenters. The molecule has 0 N–H and O–H groups in total. The Labute approximate surface area is 168 Å². The van der Waals surface area contributed by atoms with Crippen molar-refractivity contribution < 1.29 is 23.9 Å². The summed E-state index contributed by atoms with van der Waals surface area (Å²) in [5.41, 5.74) is 0.448. The zero-order chi connectivity index (χ0) is 20.3. The van der Waals surface area contributed by atoms with Crippen molar-refractivity contribution in [3.63, 3.8) is 0 Å². The molecule has 2 aromatic carbocycles. The summed E-state index contributed by atoms with van der Waals surface area (Å²) in [6.07, 6.45) is 0.588. The number of pyridine rings is 1. The highest BCUT2D eigenvalue weighted by Gasteiger charge is 2.22. The second kappa shape index (κ2) is 8.22. The first kappa shape index (κ1) is 19.6. The monoisotopic (exact) mass is 446 g/mol. The van der Waals surface area contributed by atoms with Crippen LogP contribution in [-0.4, -0.2) is 29.1 Å². The molecule has 0 aliphatic rings. The van der Waals surface area contributed by atoms with Gasteiger partial charge in [-0.25, -0.2) is 4.79 Å². The second-order valence-electron chi connectivity index (χ2n) is 5.74. The fourth-order valence-corrected chi connectivity index (χ4v) is 2.88. The Hall–Kier alpha value is -3.20. The molecule has 0 aliphatic carbocycles. The summed E-state index contributed by atoms with van der Waals surface area (Å²) < 4.78 is 16.8. The molecule has 0 saturated heterocycles. The Morgan fingerprint density at radius 1 is 1.18 bits per heavy atom. The van der Waals surface area contributed by atoms with Gasteiger partial charge in [-0.3, -0.25) is 15.1 Å². The van der Waals surface area contributed by atoms with E-state index in [4.69, 9.17) is 9.47 Å². The lowest BCUT2D eigenvalue weighted by Crippen LogP contribution is -2.25. The van der Waals surface area contributed by atoms with Crippen LogP contribution in [0, 0.1) is 10.1 Å². The van der Waals surface area contributed by atoms with Crippen molar-refractivity contribution in [3.05, 3.63) is 63.2 Å². The van der Waals surface area contributed by atoms with Crippen LogP contribution >= 0.6 is 15.9 Å². The van der Waals surface area contributed by atoms with Crippen LogP contribution in [0.3, 0.4) is 0 Å². The van der Waals surface area contributed by atoms with Crippen LogP contribution in [0.2, 0.25) is 0 Å². The number of nitrogens with zero attached hydrogens (tertiary/aromatic N) is 2. The van der Waals surface area contributed by atoms with Gasteiger partial charge < -0.3 is 14.2 Å². The third-order valence-electron chi connectivity index (χ3n) is 3.86. The molecule has 8 nitrogen and oxygen atoms in total. The van der Waals surface area contributed by atoms with Crippen molar-refractivity contribution in [3.8, 4) is 17.2 Å². The minimum Gasteiger partial charge on any atom is -0.472 e. The normalized spacial score (nSPS) is 11.7. The van der Waals surface area contributed by atoms with Gasteiger partial charge in [0.1, 0.15) is 11.5 Å². The molecule has 1 heterocycles. The van der Waals surface area contributed by atoms with E-state index < -0.39 is 17.0 Å². The summed E-state index contributed by atoms with van der Waals surface area (Å²) in [7, 11) is 1.21. The standard InChI is InChI=1S/C19H15BrN2O6/c1-11(19(23)26-2)27-18-10-13(4-6-16(18)22(24)25)28-17-7-8-21-15-5-3-12(20)9-14(15)17/h3-11H,1-2H3. The number of carbonyl (C=O) groups excluding carboxylic acids is 1. The van der Waals surface area contributed by atoms with Gasteiger partial charge in [0.05, 0.1) is 17.5 Å². The first-order chi connectivity index (χ1) is 13.4. The van der Waals surface area contributed by atoms with E-state index in [-0.39, 0.29) is 11.4 Å². The molecule has 0 bridgehead atoms. The van der Waals surface area contributed by atoms with Crippen molar-refractivity contribution in [2.75, 3.05) is 7.11 Å². The number of rotatable bonds is 6. The van der Waals surface area contributed by atoms with E-state index >= 15 is 0 Å². The van der Waals surface area contributed by atoms with Crippen molar-refractivity contribution in [1.29, 1.82) is 0 Å². The molecule has 3 aromatic rings. The Morgan fingerprint density at radius 2 is 1.96 bits per heavy atom. The van der Waals surface area contributed by atoms with Gasteiger partial charge in [-0.15, -0.1) is 0 Å². The van der Waals surface area contributed by atoms with Gasteiger partial charge in [0.25, 0.3) is 0 Å². The number of hydrogen-bond acceptors (Lipinski definition) is 7. The van der Waals surface area contributed by atoms with Crippen molar-refractivity contribution in [2.45, 2.75) is 13.0 Å². The molecule has 9 heteroatoms. The number of esters is 1. The van der Waals surface area contributed by atoms with Crippen molar-refractivity contribution in [1.82, 2.24) is 4.98 Å². The molecule has 1 atom stereocenters. The lowest BCUT2D eigenvalue weighted by atomic mass is 10.2. The lowest BCUT2D eigenvalue weighted by Gasteiger charge is -2.14. The van der Waals surface area contributed by atoms with Crippen LogP contribution in [0.15, 0.2) is 53.1 Å². The number of fused-ring (bicyclic) bond motifs is 1. The minimum atomic E-state index is -1.02. The largest absolute Gasteiger partial charge is 0.472 e. The van der Waals surface area contributed by atoms with E-state index in [1.165, 1.54) is 32.2 Å². The van der Waals surface area contributed by atoms with Crippen molar-refractivity contribution in [2.24, 2.45) is 0 Å². The maximum Gasteiger partial charge on any atom is 0.346 e. The molecule has 0 aliphatic heterocycles. The minimum absolute atomic E-state index is 0.0973. The highest BCUT2D eigenvalue weighted by atomic mass is 79.9. The quantitative estimate of drug-likeness (QED) is 0.308. The first-order valence-corrected chi connectivity index (χ1v) is 8.93. The number of benzene rings is 2. The van der Waals surface area contributed by atoms with Gasteiger partial charge in [0, 0.05) is 28.2 Å². The van der Waals surface area contributed by atoms with E-state index in [2.05, 4.69) is 25.7 Å². The fourth-order valence-electron chi connectivity index (χ4n) is 2.52. The zero-order valence-corrected chi connectivity index (χ0v) is 16.5. The number of methoxy groups -OCH3 is 1. The number of carbonyl (C=O) groups is 1. The average molecular weight is 447 g/mol. The van der Waals surface area contributed by atoms with Gasteiger partial charge in [-0.2, -0.15) is 0 Å². The number of ether oxygens (including phenoxy) is 3. The predicted molar refractivity (Wildman–Crippen MR) is 105 cm³/mol. The Morgan fingerprint density at radius 3 is 2.68 bits per heavy atom. The van der Waals surface area contributed by atoms with E-state index in [1.807, 2.05) is 18.2 Å². The SMILES string of the molecule is COC(=O)C(C)Oc1cc(Oc2ccnc3ccc(Br)cc23)ccc1[N+](=O)[O-]. The fraction of sp³-hybridized carbons (Fsp3) is 0.158. The second-order valence-corrected chi connectivity index (χ2v) is 6.66. The zero-order valence-electron chi connectivity index (χ0n) is 14.9. The Balaban J connectivity index is 1.97. The van der Waals surface area contributed by atoms with E-state index in [0.717, 1.165) is 15.4 Å². The number of nitro groups is 1. The highest BCUT2D eigenvalue weighted by Crippen LogP contribution is 2.36. The summed E-state index contributed by atoms with van der Waals surface area (Å²) >= 11 is 3.41. The number of aromatic nitrogens is 1.